The number of nitrogens with one attached hydrogen (secondary N) is 1. The van der Waals surface area contributed by atoms with E-state index < -0.39 is 0 Å². The minimum atomic E-state index is 0.0546. The monoisotopic (exact) mass is 228 g/mol. The number of hydrogen-bond donors (Lipinski definition) is 2. The molecule has 0 aliphatic heterocycles. The molecule has 0 fully saturated rings. The van der Waals surface area contributed by atoms with E-state index in [0.29, 0.717) is 10.6 Å². The molecule has 0 saturated carbocycles. The quantitative estimate of drug-likeness (QED) is 0.473. The highest BCUT2D eigenvalue weighted by Crippen LogP contribution is 2.28. The molecule has 14 heavy (non-hydrogen) atoms. The van der Waals surface area contributed by atoms with Gasteiger partial charge in [0.25, 0.3) is 0 Å². The molecule has 3 N–H and O–H groups in total. The van der Waals surface area contributed by atoms with Crippen LogP contribution in [0.5, 0.6) is 0 Å². The normalized spacial score (nSPS) is 10.1. The fourth-order valence-corrected chi connectivity index (χ4v) is 2.13. The first-order chi connectivity index (χ1) is 6.65. The first kappa shape index (κ1) is 11.4. The van der Waals surface area contributed by atoms with Gasteiger partial charge < -0.3 is 5.73 Å². The van der Waals surface area contributed by atoms with Crippen molar-refractivity contribution < 1.29 is 0 Å². The van der Waals surface area contributed by atoms with Crippen molar-refractivity contribution in [1.82, 2.24) is 0 Å². The molecule has 1 rings (SSSR count). The largest absolute Gasteiger partial charge is 0.384 e. The van der Waals surface area contributed by atoms with Gasteiger partial charge in [-0.25, -0.2) is 0 Å². The topological polar surface area (TPSA) is 49.9 Å². The Balaban J connectivity index is 2.84. The lowest BCUT2D eigenvalue weighted by Crippen LogP contribution is -2.10. The molecule has 0 atom stereocenters. The molecule has 0 radical (unpaired) electrons. The molecule has 0 spiro atoms. The van der Waals surface area contributed by atoms with Gasteiger partial charge in [0.15, 0.2) is 0 Å². The van der Waals surface area contributed by atoms with Gasteiger partial charge >= 0.3 is 0 Å². The van der Waals surface area contributed by atoms with E-state index >= 15 is 0 Å². The fourth-order valence-electron chi connectivity index (χ4n) is 0.997. The van der Waals surface area contributed by atoms with Crippen molar-refractivity contribution in [3.63, 3.8) is 0 Å². The lowest BCUT2D eigenvalue weighted by atomic mass is 10.2. The van der Waals surface area contributed by atoms with Crippen LogP contribution < -0.4 is 5.73 Å². The molecule has 0 aromatic heterocycles. The molecule has 2 nitrogen and oxygen atoms in total. The highest BCUT2D eigenvalue weighted by molar-refractivity contribution is 7.99. The van der Waals surface area contributed by atoms with Crippen molar-refractivity contribution in [2.45, 2.75) is 18.2 Å². The molecule has 0 saturated heterocycles. The zero-order chi connectivity index (χ0) is 10.6. The van der Waals surface area contributed by atoms with Crippen molar-refractivity contribution in [2.75, 3.05) is 5.75 Å². The van der Waals surface area contributed by atoms with Crippen LogP contribution in [0.2, 0.25) is 5.02 Å². The number of amidine groups is 1. The second kappa shape index (κ2) is 5.27. The SMILES string of the molecule is CCCSc1ccc(C(=N)N)cc1Cl. The number of thioether (sulfide) groups is 1. The van der Waals surface area contributed by atoms with Crippen LogP contribution in [-0.2, 0) is 0 Å². The van der Waals surface area contributed by atoms with Gasteiger partial charge in [-0.15, -0.1) is 11.8 Å². The predicted molar refractivity (Wildman–Crippen MR) is 63.5 cm³/mol. The average Bonchev–Trinajstić information content (AvgIpc) is 2.15. The van der Waals surface area contributed by atoms with Crippen LogP contribution in [-0.4, -0.2) is 11.6 Å². The number of nitrogen functional groups attached to an aromatic ring is 1. The summed E-state index contributed by atoms with van der Waals surface area (Å²) >= 11 is 7.76. The smallest absolute Gasteiger partial charge is 0.122 e. The highest BCUT2D eigenvalue weighted by Gasteiger charge is 2.03. The summed E-state index contributed by atoms with van der Waals surface area (Å²) in [5.41, 5.74) is 6.03. The number of halogens is 1. The third kappa shape index (κ3) is 2.93. The Morgan fingerprint density at radius 3 is 2.79 bits per heavy atom. The maximum absolute atomic E-state index is 7.25. The Hall–Kier alpha value is -0.670. The van der Waals surface area contributed by atoms with Gasteiger partial charge in [0, 0.05) is 10.5 Å². The van der Waals surface area contributed by atoms with E-state index in [4.69, 9.17) is 22.7 Å². The summed E-state index contributed by atoms with van der Waals surface area (Å²) in [7, 11) is 0. The molecule has 76 valence electrons. The van der Waals surface area contributed by atoms with E-state index in [0.717, 1.165) is 17.1 Å². The molecule has 0 unspecified atom stereocenters. The molecule has 0 amide bonds. The van der Waals surface area contributed by atoms with Crippen molar-refractivity contribution in [3.05, 3.63) is 28.8 Å². The Kier molecular flexibility index (Phi) is 4.29. The maximum Gasteiger partial charge on any atom is 0.122 e. The minimum absolute atomic E-state index is 0.0546. The second-order valence-corrected chi connectivity index (χ2v) is 4.45. The summed E-state index contributed by atoms with van der Waals surface area (Å²) in [6.45, 7) is 2.13. The highest BCUT2D eigenvalue weighted by atomic mass is 35.5. The van der Waals surface area contributed by atoms with E-state index in [1.165, 1.54) is 0 Å². The number of hydrogen-bond acceptors (Lipinski definition) is 2. The van der Waals surface area contributed by atoms with Crippen LogP contribution >= 0.6 is 23.4 Å². The zero-order valence-corrected chi connectivity index (χ0v) is 9.58. The van der Waals surface area contributed by atoms with E-state index in [1.54, 1.807) is 17.8 Å². The zero-order valence-electron chi connectivity index (χ0n) is 8.01. The van der Waals surface area contributed by atoms with Gasteiger partial charge in [-0.3, -0.25) is 5.41 Å². The van der Waals surface area contributed by atoms with Crippen LogP contribution in [0.3, 0.4) is 0 Å². The molecule has 0 aliphatic carbocycles. The maximum atomic E-state index is 7.25. The number of benzene rings is 1. The molecular formula is C10H13ClN2S. The summed E-state index contributed by atoms with van der Waals surface area (Å²) in [4.78, 5) is 1.05. The molecule has 0 heterocycles. The van der Waals surface area contributed by atoms with Crippen LogP contribution in [0.15, 0.2) is 23.1 Å². The first-order valence-electron chi connectivity index (χ1n) is 4.42. The summed E-state index contributed by atoms with van der Waals surface area (Å²) in [5, 5.41) is 7.93. The van der Waals surface area contributed by atoms with Gasteiger partial charge in [0.05, 0.1) is 5.02 Å². The van der Waals surface area contributed by atoms with Crippen LogP contribution in [0.4, 0.5) is 0 Å². The van der Waals surface area contributed by atoms with Gasteiger partial charge in [-0.05, 0) is 24.3 Å². The molecular weight excluding hydrogens is 216 g/mol. The number of nitrogens with two attached hydrogens (primary N) is 1. The second-order valence-electron chi connectivity index (χ2n) is 2.91. The lowest BCUT2D eigenvalue weighted by Gasteiger charge is -2.05. The summed E-state index contributed by atoms with van der Waals surface area (Å²) in [6.07, 6.45) is 1.12. The Morgan fingerprint density at radius 2 is 2.29 bits per heavy atom. The van der Waals surface area contributed by atoms with Crippen LogP contribution in [0, 0.1) is 5.41 Å². The van der Waals surface area contributed by atoms with Crippen molar-refractivity contribution >= 4 is 29.2 Å². The molecule has 4 heteroatoms. The average molecular weight is 229 g/mol. The summed E-state index contributed by atoms with van der Waals surface area (Å²) in [5.74, 6) is 1.11. The third-order valence-corrected chi connectivity index (χ3v) is 3.41. The van der Waals surface area contributed by atoms with Crippen molar-refractivity contribution in [2.24, 2.45) is 5.73 Å². The molecule has 0 aliphatic rings. The van der Waals surface area contributed by atoms with E-state index in [-0.39, 0.29) is 5.84 Å². The molecule has 1 aromatic carbocycles. The Labute approximate surface area is 93.3 Å². The van der Waals surface area contributed by atoms with Crippen molar-refractivity contribution in [3.8, 4) is 0 Å². The van der Waals surface area contributed by atoms with Crippen molar-refractivity contribution in [1.29, 1.82) is 5.41 Å². The molecule has 1 aromatic rings. The molecule has 0 bridgehead atoms. The number of rotatable bonds is 4. The van der Waals surface area contributed by atoms with Gasteiger partial charge in [0.2, 0.25) is 0 Å². The van der Waals surface area contributed by atoms with E-state index in [9.17, 15) is 0 Å². The standard InChI is InChI=1S/C10H13ClN2S/c1-2-5-14-9-4-3-7(10(12)13)6-8(9)11/h3-4,6H,2,5H2,1H3,(H3,12,13). The Morgan fingerprint density at radius 1 is 1.57 bits per heavy atom. The first-order valence-corrected chi connectivity index (χ1v) is 5.78. The van der Waals surface area contributed by atoms with E-state index in [1.807, 2.05) is 12.1 Å². The summed E-state index contributed by atoms with van der Waals surface area (Å²) in [6, 6.07) is 5.48. The minimum Gasteiger partial charge on any atom is -0.384 e. The van der Waals surface area contributed by atoms with Crippen LogP contribution in [0.1, 0.15) is 18.9 Å². The van der Waals surface area contributed by atoms with Gasteiger partial charge in [-0.2, -0.15) is 0 Å². The van der Waals surface area contributed by atoms with E-state index in [2.05, 4.69) is 6.92 Å². The summed E-state index contributed by atoms with van der Waals surface area (Å²) < 4.78 is 0. The Bertz CT molecular complexity index is 339. The van der Waals surface area contributed by atoms with Gasteiger partial charge in [-0.1, -0.05) is 24.6 Å². The fraction of sp³-hybridized carbons (Fsp3) is 0.300. The third-order valence-electron chi connectivity index (χ3n) is 1.70. The van der Waals surface area contributed by atoms with Gasteiger partial charge in [0.1, 0.15) is 5.84 Å². The lowest BCUT2D eigenvalue weighted by molar-refractivity contribution is 1.10. The van der Waals surface area contributed by atoms with Crippen LogP contribution in [0.25, 0.3) is 0 Å². The predicted octanol–water partition coefficient (Wildman–Crippen LogP) is 3.13.